The van der Waals surface area contributed by atoms with Crippen LogP contribution < -0.4 is 4.90 Å². The van der Waals surface area contributed by atoms with Gasteiger partial charge < -0.3 is 15.1 Å². The Hall–Kier alpha value is -2.39. The van der Waals surface area contributed by atoms with Gasteiger partial charge in [0, 0.05) is 25.7 Å². The molecule has 1 saturated heterocycles. The maximum Gasteiger partial charge on any atom is 0.326 e. The Labute approximate surface area is 172 Å². The third-order valence-electron chi connectivity index (χ3n) is 4.80. The molecule has 0 radical (unpaired) electrons. The Balaban J connectivity index is 1.84. The zero-order valence-electron chi connectivity index (χ0n) is 15.3. The van der Waals surface area contributed by atoms with Crippen LogP contribution in [0.4, 0.5) is 5.69 Å². The lowest BCUT2D eigenvalue weighted by Gasteiger charge is -2.27. The molecule has 148 valence electrons. The van der Waals surface area contributed by atoms with Crippen LogP contribution in [0.25, 0.3) is 6.08 Å². The highest BCUT2D eigenvalue weighted by molar-refractivity contribution is 8.26. The number of aliphatic carboxylic acids is 2. The van der Waals surface area contributed by atoms with Gasteiger partial charge in [-0.1, -0.05) is 30.0 Å². The summed E-state index contributed by atoms with van der Waals surface area (Å²) in [5, 5.41) is 18.3. The molecule has 1 unspecified atom stereocenters. The van der Waals surface area contributed by atoms with Gasteiger partial charge in [-0.3, -0.25) is 14.5 Å². The fraction of sp³-hybridized carbons (Fsp3) is 0.368. The van der Waals surface area contributed by atoms with Gasteiger partial charge in [0.05, 0.1) is 4.91 Å². The Morgan fingerprint density at radius 2 is 2.11 bits per heavy atom. The molecule has 0 aromatic heterocycles. The molecule has 0 spiro atoms. The Bertz CT molecular complexity index is 883. The third kappa shape index (κ3) is 4.20. The number of hydrogen-bond donors (Lipinski definition) is 2. The number of thioether (sulfide) groups is 1. The molecule has 2 N–H and O–H groups in total. The van der Waals surface area contributed by atoms with Crippen LogP contribution in [0, 0.1) is 0 Å². The van der Waals surface area contributed by atoms with Gasteiger partial charge in [0.1, 0.15) is 10.4 Å². The molecule has 9 heteroatoms. The quantitative estimate of drug-likeness (QED) is 0.535. The Morgan fingerprint density at radius 1 is 1.36 bits per heavy atom. The normalized spacial score (nSPS) is 19.1. The summed E-state index contributed by atoms with van der Waals surface area (Å²) in [5.41, 5.74) is 3.24. The first-order valence-electron chi connectivity index (χ1n) is 8.83. The molecule has 3 rings (SSSR count). The van der Waals surface area contributed by atoms with Gasteiger partial charge in [-0.25, -0.2) is 4.79 Å². The first-order valence-corrected chi connectivity index (χ1v) is 10.1. The van der Waals surface area contributed by atoms with Crippen LogP contribution >= 0.6 is 24.0 Å². The predicted octanol–water partition coefficient (Wildman–Crippen LogP) is 2.59. The largest absolute Gasteiger partial charge is 0.481 e. The first kappa shape index (κ1) is 20.3. The molecule has 0 bridgehead atoms. The molecule has 1 atom stereocenters. The lowest BCUT2D eigenvalue weighted by atomic mass is 9.99. The maximum absolute atomic E-state index is 12.8. The lowest BCUT2D eigenvalue weighted by Crippen LogP contribution is -2.44. The second-order valence-corrected chi connectivity index (χ2v) is 8.43. The monoisotopic (exact) mass is 420 g/mol. The minimum Gasteiger partial charge on any atom is -0.481 e. The zero-order chi connectivity index (χ0) is 20.4. The molecule has 2 aliphatic heterocycles. The van der Waals surface area contributed by atoms with E-state index in [2.05, 4.69) is 4.90 Å². The number of amides is 1. The van der Waals surface area contributed by atoms with Gasteiger partial charge >= 0.3 is 11.9 Å². The van der Waals surface area contributed by atoms with Crippen molar-refractivity contribution in [3.8, 4) is 0 Å². The lowest BCUT2D eigenvalue weighted by molar-refractivity contribution is -0.146. The SMILES string of the molecule is CN1CCCc2cc(/C=C3\SC(=S)N(C(CCC(=O)O)C(=O)O)C3=O)ccc21. The number of fused-ring (bicyclic) bond motifs is 1. The van der Waals surface area contributed by atoms with Crippen LogP contribution in [-0.4, -0.2) is 56.9 Å². The number of thiocarbonyl (C=S) groups is 1. The molecule has 0 saturated carbocycles. The van der Waals surface area contributed by atoms with Crippen molar-refractivity contribution in [2.75, 3.05) is 18.5 Å². The number of hydrogen-bond acceptors (Lipinski definition) is 6. The van der Waals surface area contributed by atoms with Gasteiger partial charge in [0.2, 0.25) is 0 Å². The van der Waals surface area contributed by atoms with Gasteiger partial charge in [0.15, 0.2) is 0 Å². The molecule has 7 nitrogen and oxygen atoms in total. The van der Waals surface area contributed by atoms with E-state index >= 15 is 0 Å². The third-order valence-corrected chi connectivity index (χ3v) is 6.13. The molecule has 0 aliphatic carbocycles. The van der Waals surface area contributed by atoms with E-state index in [1.54, 1.807) is 6.08 Å². The minimum atomic E-state index is -1.29. The average molecular weight is 421 g/mol. The van der Waals surface area contributed by atoms with Crippen LogP contribution in [0.2, 0.25) is 0 Å². The van der Waals surface area contributed by atoms with Crippen molar-refractivity contribution in [2.45, 2.75) is 31.7 Å². The summed E-state index contributed by atoms with van der Waals surface area (Å²) in [7, 11) is 2.05. The molecular weight excluding hydrogens is 400 g/mol. The number of carbonyl (C=O) groups excluding carboxylic acids is 1. The van der Waals surface area contributed by atoms with E-state index in [1.165, 1.54) is 11.3 Å². The van der Waals surface area contributed by atoms with Crippen molar-refractivity contribution in [1.82, 2.24) is 4.90 Å². The summed E-state index contributed by atoms with van der Waals surface area (Å²) in [5.74, 6) is -2.88. The number of carboxylic acid groups (broad SMARTS) is 2. The van der Waals surface area contributed by atoms with E-state index < -0.39 is 23.9 Å². The standard InChI is InChI=1S/C19H20N2O5S2/c1-20-8-2-3-12-9-11(4-5-13(12)20)10-15-17(24)21(19(27)28-15)14(18(25)26)6-7-16(22)23/h4-5,9-10,14H,2-3,6-8H2,1H3,(H,22,23)(H,25,26)/b15-10-. The summed E-state index contributed by atoms with van der Waals surface area (Å²) in [6.07, 6.45) is 3.20. The molecule has 1 amide bonds. The topological polar surface area (TPSA) is 98.2 Å². The number of aryl methyl sites for hydroxylation is 1. The van der Waals surface area contributed by atoms with Crippen LogP contribution in [0.15, 0.2) is 23.1 Å². The molecule has 1 fully saturated rings. The van der Waals surface area contributed by atoms with E-state index in [-0.39, 0.29) is 17.2 Å². The summed E-state index contributed by atoms with van der Waals surface area (Å²) in [4.78, 5) is 38.7. The van der Waals surface area contributed by atoms with Crippen molar-refractivity contribution in [3.05, 3.63) is 34.2 Å². The second-order valence-electron chi connectivity index (χ2n) is 6.75. The number of anilines is 1. The van der Waals surface area contributed by atoms with Gasteiger partial charge in [-0.15, -0.1) is 0 Å². The molecule has 2 aliphatic rings. The van der Waals surface area contributed by atoms with Crippen LogP contribution in [0.3, 0.4) is 0 Å². The van der Waals surface area contributed by atoms with E-state index in [0.717, 1.165) is 41.6 Å². The fourth-order valence-corrected chi connectivity index (χ4v) is 4.77. The molecular formula is C19H20N2O5S2. The van der Waals surface area contributed by atoms with Crippen molar-refractivity contribution < 1.29 is 24.6 Å². The smallest absolute Gasteiger partial charge is 0.326 e. The van der Waals surface area contributed by atoms with Gasteiger partial charge in [-0.05, 0) is 48.6 Å². The molecule has 28 heavy (non-hydrogen) atoms. The van der Waals surface area contributed by atoms with Crippen LogP contribution in [-0.2, 0) is 20.8 Å². The van der Waals surface area contributed by atoms with Gasteiger partial charge in [-0.2, -0.15) is 0 Å². The molecule has 1 aromatic rings. The minimum absolute atomic E-state index is 0.131. The highest BCUT2D eigenvalue weighted by Crippen LogP contribution is 2.36. The van der Waals surface area contributed by atoms with Crippen molar-refractivity contribution >= 4 is 57.9 Å². The van der Waals surface area contributed by atoms with E-state index in [1.807, 2.05) is 25.2 Å². The fourth-order valence-electron chi connectivity index (χ4n) is 3.42. The van der Waals surface area contributed by atoms with E-state index in [9.17, 15) is 19.5 Å². The summed E-state index contributed by atoms with van der Waals surface area (Å²) >= 11 is 6.25. The van der Waals surface area contributed by atoms with Gasteiger partial charge in [0.25, 0.3) is 5.91 Å². The van der Waals surface area contributed by atoms with Crippen molar-refractivity contribution in [3.63, 3.8) is 0 Å². The highest BCUT2D eigenvalue weighted by Gasteiger charge is 2.40. The van der Waals surface area contributed by atoms with E-state index in [4.69, 9.17) is 17.3 Å². The number of benzene rings is 1. The summed E-state index contributed by atoms with van der Waals surface area (Å²) in [6.45, 7) is 1.01. The molecule has 2 heterocycles. The van der Waals surface area contributed by atoms with Crippen LogP contribution in [0.5, 0.6) is 0 Å². The summed E-state index contributed by atoms with van der Waals surface area (Å²) < 4.78 is 0.131. The van der Waals surface area contributed by atoms with Crippen molar-refractivity contribution in [2.24, 2.45) is 0 Å². The zero-order valence-corrected chi connectivity index (χ0v) is 16.9. The number of rotatable bonds is 6. The molecule has 1 aromatic carbocycles. The average Bonchev–Trinajstić information content (AvgIpc) is 2.89. The Kier molecular flexibility index (Phi) is 6.04. The number of carbonyl (C=O) groups is 3. The number of carboxylic acids is 2. The second kappa shape index (κ2) is 8.32. The Morgan fingerprint density at radius 3 is 2.79 bits per heavy atom. The first-order chi connectivity index (χ1) is 13.3. The maximum atomic E-state index is 12.8. The van der Waals surface area contributed by atoms with Crippen LogP contribution in [0.1, 0.15) is 30.4 Å². The van der Waals surface area contributed by atoms with Crippen molar-refractivity contribution in [1.29, 1.82) is 0 Å². The predicted molar refractivity (Wildman–Crippen MR) is 111 cm³/mol. The summed E-state index contributed by atoms with van der Waals surface area (Å²) in [6, 6.07) is 4.70. The highest BCUT2D eigenvalue weighted by atomic mass is 32.2. The number of nitrogens with zero attached hydrogens (tertiary/aromatic N) is 2. The van der Waals surface area contributed by atoms with E-state index in [0.29, 0.717) is 4.91 Å².